The molecule has 1 rings (SSSR count). The zero-order valence-corrected chi connectivity index (χ0v) is 6.02. The van der Waals surface area contributed by atoms with Crippen molar-refractivity contribution in [2.45, 2.75) is 20.3 Å². The van der Waals surface area contributed by atoms with Crippen LogP contribution in [0.3, 0.4) is 0 Å². The molecule has 0 fully saturated rings. The number of hydrogen-bond donors (Lipinski definition) is 0. The van der Waals surface area contributed by atoms with E-state index in [0.717, 1.165) is 6.42 Å². The molecule has 0 radical (unpaired) electrons. The normalized spacial score (nSPS) is 9.56. The molecule has 48 valence electrons. The van der Waals surface area contributed by atoms with Gasteiger partial charge in [-0.15, -0.1) is 0 Å². The van der Waals surface area contributed by atoms with Crippen molar-refractivity contribution in [3.8, 4) is 0 Å². The predicted octanol–water partition coefficient (Wildman–Crippen LogP) is 2.67. The van der Waals surface area contributed by atoms with Crippen LogP contribution in [0.4, 0.5) is 0 Å². The van der Waals surface area contributed by atoms with E-state index >= 15 is 0 Å². The zero-order chi connectivity index (χ0) is 6.69. The Morgan fingerprint density at radius 2 is 2.00 bits per heavy atom. The predicted molar refractivity (Wildman–Crippen MR) is 41.7 cm³/mol. The number of benzene rings is 1. The van der Waals surface area contributed by atoms with Gasteiger partial charge < -0.3 is 0 Å². The summed E-state index contributed by atoms with van der Waals surface area (Å²) in [6.45, 7) is 4.33. The molecule has 1 aromatic rings. The first-order valence-corrected chi connectivity index (χ1v) is 3.39. The van der Waals surface area contributed by atoms with E-state index in [4.69, 9.17) is 0 Å². The summed E-state index contributed by atoms with van der Waals surface area (Å²) in [5, 5.41) is 0. The van der Waals surface area contributed by atoms with Gasteiger partial charge in [0.1, 0.15) is 0 Å². The number of rotatable bonds is 1. The van der Waals surface area contributed by atoms with E-state index in [1.54, 1.807) is 0 Å². The summed E-state index contributed by atoms with van der Waals surface area (Å²) in [5.74, 6) is 0. The molecule has 0 heteroatoms. The smallest absolute Gasteiger partial charge is 0.0620 e. The monoisotopic (exact) mass is 121 g/mol. The molecule has 0 aliphatic rings. The van der Waals surface area contributed by atoms with Crippen LogP contribution in [0.5, 0.6) is 0 Å². The van der Waals surface area contributed by atoms with Gasteiger partial charge >= 0.3 is 1.43 Å². The fourth-order valence-corrected chi connectivity index (χ4v) is 1.01. The average Bonchev–Trinajstić information content (AvgIpc) is 1.89. The molecule has 0 aliphatic heterocycles. The quantitative estimate of drug-likeness (QED) is 0.536. The summed E-state index contributed by atoms with van der Waals surface area (Å²) in [4.78, 5) is 0. The molecule has 0 atom stereocenters. The Balaban J connectivity index is 0.000000810. The number of hydrogen-bond acceptors (Lipinski definition) is 0. The topological polar surface area (TPSA) is 0 Å². The van der Waals surface area contributed by atoms with Crippen molar-refractivity contribution < 1.29 is 1.43 Å². The molecule has 0 aliphatic carbocycles. The Kier molecular flexibility index (Phi) is 1.88. The molecular weight excluding hydrogens is 108 g/mol. The third-order valence-corrected chi connectivity index (χ3v) is 1.64. The molecule has 1 aromatic carbocycles. The Morgan fingerprint density at radius 3 is 2.44 bits per heavy atom. The Bertz CT molecular complexity index is 194. The van der Waals surface area contributed by atoms with Gasteiger partial charge in [0.15, 0.2) is 0 Å². The second kappa shape index (κ2) is 2.67. The third-order valence-electron chi connectivity index (χ3n) is 1.64. The minimum atomic E-state index is 0. The Labute approximate surface area is 58.0 Å². The first kappa shape index (κ1) is 6.34. The van der Waals surface area contributed by atoms with Crippen molar-refractivity contribution in [1.82, 2.24) is 0 Å². The van der Waals surface area contributed by atoms with E-state index in [2.05, 4.69) is 38.1 Å². The van der Waals surface area contributed by atoms with E-state index in [0.29, 0.717) is 0 Å². The van der Waals surface area contributed by atoms with Crippen LogP contribution in [-0.2, 0) is 6.42 Å². The van der Waals surface area contributed by atoms with Crippen molar-refractivity contribution in [1.29, 1.82) is 0 Å². The van der Waals surface area contributed by atoms with Crippen molar-refractivity contribution in [2.75, 3.05) is 0 Å². The van der Waals surface area contributed by atoms with Gasteiger partial charge in [0.2, 0.25) is 0 Å². The van der Waals surface area contributed by atoms with Crippen molar-refractivity contribution in [3.05, 3.63) is 35.4 Å². The number of aryl methyl sites for hydroxylation is 2. The van der Waals surface area contributed by atoms with Crippen LogP contribution in [0.15, 0.2) is 24.3 Å². The molecule has 0 amide bonds. The second-order valence-electron chi connectivity index (χ2n) is 2.28. The molecule has 9 heavy (non-hydrogen) atoms. The first-order chi connectivity index (χ1) is 4.34. The molecule has 0 aromatic heterocycles. The van der Waals surface area contributed by atoms with Gasteiger partial charge in [-0.3, -0.25) is 0 Å². The van der Waals surface area contributed by atoms with E-state index in [1.807, 2.05) is 0 Å². The van der Waals surface area contributed by atoms with Gasteiger partial charge in [-0.2, -0.15) is 0 Å². The van der Waals surface area contributed by atoms with Crippen LogP contribution in [0.1, 0.15) is 19.5 Å². The second-order valence-corrected chi connectivity index (χ2v) is 2.28. The molecule has 0 nitrogen and oxygen atoms in total. The van der Waals surface area contributed by atoms with Crippen LogP contribution < -0.4 is 0 Å². The van der Waals surface area contributed by atoms with Gasteiger partial charge in [-0.05, 0) is 24.5 Å². The van der Waals surface area contributed by atoms with Crippen molar-refractivity contribution in [3.63, 3.8) is 0 Å². The van der Waals surface area contributed by atoms with Crippen molar-refractivity contribution >= 4 is 0 Å². The lowest BCUT2D eigenvalue weighted by Gasteiger charge is -1.98. The van der Waals surface area contributed by atoms with Gasteiger partial charge in [0, 0.05) is 0 Å². The fraction of sp³-hybridized carbons (Fsp3) is 0.333. The highest BCUT2D eigenvalue weighted by molar-refractivity contribution is 5.24. The van der Waals surface area contributed by atoms with Crippen LogP contribution in [-0.4, -0.2) is 0 Å². The zero-order valence-electron chi connectivity index (χ0n) is 7.02. The minimum Gasteiger partial charge on any atom is -0.0620 e. The summed E-state index contributed by atoms with van der Waals surface area (Å²) < 4.78 is 0. The highest BCUT2D eigenvalue weighted by Gasteiger charge is 1.89. The lowest BCUT2D eigenvalue weighted by molar-refractivity contribution is 1.11. The van der Waals surface area contributed by atoms with E-state index < -0.39 is 0 Å². The minimum absolute atomic E-state index is 0. The van der Waals surface area contributed by atoms with Crippen LogP contribution >= 0.6 is 0 Å². The van der Waals surface area contributed by atoms with Crippen molar-refractivity contribution in [2.24, 2.45) is 0 Å². The average molecular weight is 121 g/mol. The fourth-order valence-electron chi connectivity index (χ4n) is 1.01. The molecule has 0 heterocycles. The molecular formula is C9H13+. The summed E-state index contributed by atoms with van der Waals surface area (Å²) in [7, 11) is 0. The van der Waals surface area contributed by atoms with Gasteiger partial charge in [-0.1, -0.05) is 31.2 Å². The van der Waals surface area contributed by atoms with Crippen LogP contribution in [0.25, 0.3) is 0 Å². The molecule has 0 bridgehead atoms. The third kappa shape index (κ3) is 1.32. The first-order valence-electron chi connectivity index (χ1n) is 3.39. The maximum absolute atomic E-state index is 2.18. The van der Waals surface area contributed by atoms with Gasteiger partial charge in [-0.25, -0.2) is 0 Å². The highest BCUT2D eigenvalue weighted by atomic mass is 13.9. The van der Waals surface area contributed by atoms with Gasteiger partial charge in [0.25, 0.3) is 0 Å². The lowest BCUT2D eigenvalue weighted by Crippen LogP contribution is -1.82. The maximum Gasteiger partial charge on any atom is 1.00 e. The van der Waals surface area contributed by atoms with Gasteiger partial charge in [0.05, 0.1) is 0 Å². The van der Waals surface area contributed by atoms with Crippen LogP contribution in [0, 0.1) is 6.92 Å². The largest absolute Gasteiger partial charge is 1.00 e. The molecule has 0 N–H and O–H groups in total. The van der Waals surface area contributed by atoms with E-state index in [1.165, 1.54) is 11.1 Å². The molecule has 0 saturated heterocycles. The Hall–Kier alpha value is -0.780. The standard InChI is InChI=1S/C9H12/c1-3-9-7-5-4-6-8(9)2/h4-7H,3H2,1-2H3/p+1. The lowest BCUT2D eigenvalue weighted by atomic mass is 10.1. The van der Waals surface area contributed by atoms with Crippen LogP contribution in [0.2, 0.25) is 0 Å². The highest BCUT2D eigenvalue weighted by Crippen LogP contribution is 2.06. The SMILES string of the molecule is CCc1ccccc1C.[H+]. The molecule has 0 spiro atoms. The maximum atomic E-state index is 2.18. The summed E-state index contributed by atoms with van der Waals surface area (Å²) in [5.41, 5.74) is 2.86. The Morgan fingerprint density at radius 1 is 1.33 bits per heavy atom. The molecule has 0 unspecified atom stereocenters. The molecule has 0 saturated carbocycles. The summed E-state index contributed by atoms with van der Waals surface area (Å²) in [6.07, 6.45) is 1.15. The summed E-state index contributed by atoms with van der Waals surface area (Å²) in [6, 6.07) is 8.49. The summed E-state index contributed by atoms with van der Waals surface area (Å²) >= 11 is 0. The van der Waals surface area contributed by atoms with E-state index in [-0.39, 0.29) is 1.43 Å². The van der Waals surface area contributed by atoms with E-state index in [9.17, 15) is 0 Å².